The Bertz CT molecular complexity index is 871. The van der Waals surface area contributed by atoms with Gasteiger partial charge >= 0.3 is 0 Å². The summed E-state index contributed by atoms with van der Waals surface area (Å²) in [6.07, 6.45) is 1.07. The zero-order valence-corrected chi connectivity index (χ0v) is 17.0. The second-order valence-corrected chi connectivity index (χ2v) is 8.50. The molecule has 0 saturated carbocycles. The number of nitrogens with zero attached hydrogens (tertiary/aromatic N) is 1. The smallest absolute Gasteiger partial charge is 0.240 e. The Morgan fingerprint density at radius 3 is 2.58 bits per heavy atom. The maximum atomic E-state index is 12.2. The Labute approximate surface area is 162 Å². The van der Waals surface area contributed by atoms with Crippen LogP contribution in [0.5, 0.6) is 5.75 Å². The number of benzene rings is 2. The highest BCUT2D eigenvalue weighted by atomic mass is 79.9. The average molecular weight is 441 g/mol. The lowest BCUT2D eigenvalue weighted by Gasteiger charge is -2.23. The van der Waals surface area contributed by atoms with Crippen LogP contribution in [0.15, 0.2) is 53.0 Å². The first kappa shape index (κ1) is 20.3. The average Bonchev–Trinajstić information content (AvgIpc) is 2.56. The Morgan fingerprint density at radius 1 is 1.19 bits per heavy atom. The number of sulfonamides is 1. The third-order valence-electron chi connectivity index (χ3n) is 3.49. The molecule has 1 N–H and O–H groups in total. The Balaban J connectivity index is 1.91. The van der Waals surface area contributed by atoms with E-state index < -0.39 is 15.9 Å². The van der Waals surface area contributed by atoms with Gasteiger partial charge in [0.15, 0.2) is 0 Å². The molecule has 0 unspecified atom stereocenters. The molecule has 0 spiro atoms. The van der Waals surface area contributed by atoms with Crippen molar-refractivity contribution in [3.63, 3.8) is 0 Å². The highest BCUT2D eigenvalue weighted by Crippen LogP contribution is 2.27. The molecule has 6 nitrogen and oxygen atoms in total. The van der Waals surface area contributed by atoms with Crippen LogP contribution in [0.2, 0.25) is 0 Å². The molecule has 0 aliphatic carbocycles. The lowest BCUT2D eigenvalue weighted by atomic mass is 10.2. The monoisotopic (exact) mass is 440 g/mol. The maximum absolute atomic E-state index is 12.2. The summed E-state index contributed by atoms with van der Waals surface area (Å²) in [6.45, 7) is 2.24. The largest absolute Gasteiger partial charge is 0.492 e. The van der Waals surface area contributed by atoms with Gasteiger partial charge in [-0.05, 0) is 52.7 Å². The number of halogens is 1. The number of carbonyl (C=O) groups excluding carboxylic acids is 1. The van der Waals surface area contributed by atoms with Crippen LogP contribution in [0.1, 0.15) is 5.56 Å². The number of anilines is 1. The minimum atomic E-state index is -3.60. The summed E-state index contributed by atoms with van der Waals surface area (Å²) >= 11 is 3.32. The van der Waals surface area contributed by atoms with Crippen LogP contribution in [-0.2, 0) is 14.8 Å². The molecule has 0 atom stereocenters. The fraction of sp³-hybridized carbons (Fsp3) is 0.278. The maximum Gasteiger partial charge on any atom is 0.240 e. The molecule has 26 heavy (non-hydrogen) atoms. The standard InChI is InChI=1S/C18H21BrN2O4S/c1-14-6-5-7-15(12-14)25-11-10-20-18(22)13-21(26(2,23)24)17-9-4-3-8-16(17)19/h3-9,12H,10-11,13H2,1-2H3,(H,20,22). The number of para-hydroxylation sites is 1. The van der Waals surface area contributed by atoms with Gasteiger partial charge in [0, 0.05) is 4.47 Å². The third kappa shape index (κ3) is 6.03. The molecule has 2 rings (SSSR count). The lowest BCUT2D eigenvalue weighted by Crippen LogP contribution is -2.41. The molecule has 0 fully saturated rings. The minimum absolute atomic E-state index is 0.278. The van der Waals surface area contributed by atoms with Crippen LogP contribution in [0.4, 0.5) is 5.69 Å². The summed E-state index contributed by atoms with van der Waals surface area (Å²) in [4.78, 5) is 12.2. The first-order chi connectivity index (χ1) is 12.3. The van der Waals surface area contributed by atoms with E-state index >= 15 is 0 Å². The molecule has 8 heteroatoms. The van der Waals surface area contributed by atoms with Crippen LogP contribution < -0.4 is 14.4 Å². The van der Waals surface area contributed by atoms with Gasteiger partial charge in [-0.3, -0.25) is 9.10 Å². The van der Waals surface area contributed by atoms with E-state index in [2.05, 4.69) is 21.2 Å². The second kappa shape index (κ2) is 9.05. The molecule has 0 heterocycles. The normalized spacial score (nSPS) is 11.0. The van der Waals surface area contributed by atoms with Crippen LogP contribution in [0, 0.1) is 6.92 Å². The number of nitrogens with one attached hydrogen (secondary N) is 1. The molecule has 0 bridgehead atoms. The van der Waals surface area contributed by atoms with E-state index in [1.54, 1.807) is 24.3 Å². The predicted molar refractivity (Wildman–Crippen MR) is 106 cm³/mol. The van der Waals surface area contributed by atoms with Gasteiger partial charge < -0.3 is 10.1 Å². The van der Waals surface area contributed by atoms with E-state index in [9.17, 15) is 13.2 Å². The van der Waals surface area contributed by atoms with Gasteiger partial charge in [-0.25, -0.2) is 8.42 Å². The first-order valence-corrected chi connectivity index (χ1v) is 10.6. The summed E-state index contributed by atoms with van der Waals surface area (Å²) in [7, 11) is -3.60. The summed E-state index contributed by atoms with van der Waals surface area (Å²) in [5.41, 5.74) is 1.50. The van der Waals surface area contributed by atoms with Crippen LogP contribution in [0.25, 0.3) is 0 Å². The highest BCUT2D eigenvalue weighted by Gasteiger charge is 2.22. The molecule has 140 valence electrons. The molecule has 0 saturated heterocycles. The zero-order valence-electron chi connectivity index (χ0n) is 14.6. The minimum Gasteiger partial charge on any atom is -0.492 e. The van der Waals surface area contributed by atoms with Crippen molar-refractivity contribution < 1.29 is 17.9 Å². The fourth-order valence-electron chi connectivity index (χ4n) is 2.29. The van der Waals surface area contributed by atoms with Crippen molar-refractivity contribution in [2.45, 2.75) is 6.92 Å². The van der Waals surface area contributed by atoms with E-state index in [-0.39, 0.29) is 13.1 Å². The summed E-state index contributed by atoms with van der Waals surface area (Å²) in [6, 6.07) is 14.5. The Hall–Kier alpha value is -2.06. The topological polar surface area (TPSA) is 75.7 Å². The van der Waals surface area contributed by atoms with E-state index in [4.69, 9.17) is 4.74 Å². The van der Waals surface area contributed by atoms with E-state index in [0.717, 1.165) is 21.9 Å². The summed E-state index contributed by atoms with van der Waals surface area (Å²) in [5.74, 6) is 0.323. The van der Waals surface area contributed by atoms with Crippen molar-refractivity contribution in [2.75, 3.05) is 30.3 Å². The predicted octanol–water partition coefficient (Wildman–Crippen LogP) is 2.72. The number of carbonyl (C=O) groups is 1. The highest BCUT2D eigenvalue weighted by molar-refractivity contribution is 9.10. The Morgan fingerprint density at radius 2 is 1.92 bits per heavy atom. The number of aryl methyl sites for hydroxylation is 1. The van der Waals surface area contributed by atoms with Gasteiger partial charge in [0.05, 0.1) is 18.5 Å². The second-order valence-electron chi connectivity index (χ2n) is 5.74. The Kier molecular flexibility index (Phi) is 7.05. The van der Waals surface area contributed by atoms with Crippen molar-refractivity contribution in [3.05, 3.63) is 58.6 Å². The number of hydrogen-bond donors (Lipinski definition) is 1. The van der Waals surface area contributed by atoms with Crippen molar-refractivity contribution in [1.29, 1.82) is 0 Å². The molecule has 2 aromatic carbocycles. The van der Waals surface area contributed by atoms with Crippen molar-refractivity contribution in [2.24, 2.45) is 0 Å². The number of amides is 1. The van der Waals surface area contributed by atoms with Gasteiger partial charge in [0.2, 0.25) is 15.9 Å². The number of hydrogen-bond acceptors (Lipinski definition) is 4. The fourth-order valence-corrected chi connectivity index (χ4v) is 3.77. The van der Waals surface area contributed by atoms with Crippen molar-refractivity contribution in [1.82, 2.24) is 5.32 Å². The molecule has 2 aromatic rings. The number of ether oxygens (including phenoxy) is 1. The van der Waals surface area contributed by atoms with Crippen molar-refractivity contribution in [3.8, 4) is 5.75 Å². The zero-order chi connectivity index (χ0) is 19.2. The van der Waals surface area contributed by atoms with E-state index in [1.807, 2.05) is 31.2 Å². The van der Waals surface area contributed by atoms with Gasteiger partial charge in [-0.1, -0.05) is 24.3 Å². The third-order valence-corrected chi connectivity index (χ3v) is 5.29. The van der Waals surface area contributed by atoms with Gasteiger partial charge in [0.1, 0.15) is 18.9 Å². The molecular formula is C18H21BrN2O4S. The summed E-state index contributed by atoms with van der Waals surface area (Å²) < 4.78 is 31.4. The molecule has 0 radical (unpaired) electrons. The van der Waals surface area contributed by atoms with Gasteiger partial charge in [-0.15, -0.1) is 0 Å². The lowest BCUT2D eigenvalue weighted by molar-refractivity contribution is -0.119. The van der Waals surface area contributed by atoms with E-state index in [1.165, 1.54) is 0 Å². The van der Waals surface area contributed by atoms with E-state index in [0.29, 0.717) is 16.8 Å². The van der Waals surface area contributed by atoms with Crippen LogP contribution in [0.3, 0.4) is 0 Å². The quantitative estimate of drug-likeness (QED) is 0.640. The molecule has 0 aromatic heterocycles. The molecular weight excluding hydrogens is 420 g/mol. The first-order valence-electron chi connectivity index (χ1n) is 7.96. The SMILES string of the molecule is Cc1cccc(OCCNC(=O)CN(c2ccccc2Br)S(C)(=O)=O)c1. The molecule has 0 aliphatic heterocycles. The molecule has 1 amide bonds. The number of rotatable bonds is 8. The van der Waals surface area contributed by atoms with Crippen molar-refractivity contribution >= 4 is 37.5 Å². The van der Waals surface area contributed by atoms with Gasteiger partial charge in [0.25, 0.3) is 0 Å². The van der Waals surface area contributed by atoms with Crippen LogP contribution in [-0.4, -0.2) is 40.3 Å². The van der Waals surface area contributed by atoms with Gasteiger partial charge in [-0.2, -0.15) is 0 Å². The molecule has 0 aliphatic rings. The summed E-state index contributed by atoms with van der Waals surface area (Å²) in [5, 5.41) is 2.67. The van der Waals surface area contributed by atoms with Crippen LogP contribution >= 0.6 is 15.9 Å².